The van der Waals surface area contributed by atoms with Gasteiger partial charge in [-0.05, 0) is 36.5 Å². The van der Waals surface area contributed by atoms with Gasteiger partial charge in [-0.1, -0.05) is 6.92 Å². The van der Waals surface area contributed by atoms with Gasteiger partial charge < -0.3 is 20.6 Å². The van der Waals surface area contributed by atoms with Gasteiger partial charge in [0.25, 0.3) is 0 Å². The fourth-order valence-corrected chi connectivity index (χ4v) is 3.38. The number of piperidine rings is 1. The predicted octanol–water partition coefficient (Wildman–Crippen LogP) is 2.28. The second kappa shape index (κ2) is 6.70. The molecule has 1 fully saturated rings. The summed E-state index contributed by atoms with van der Waals surface area (Å²) in [6, 6.07) is 2.17. The summed E-state index contributed by atoms with van der Waals surface area (Å²) in [6.45, 7) is 2.39. The maximum absolute atomic E-state index is 14.2. The van der Waals surface area contributed by atoms with Crippen molar-refractivity contribution in [2.45, 2.75) is 26.2 Å². The number of likely N-dealkylation sites (tertiary alicyclic amines) is 1. The number of hydrogen-bond acceptors (Lipinski definition) is 3. The zero-order valence-electron chi connectivity index (χ0n) is 13.8. The Hall–Kier alpha value is -2.64. The minimum absolute atomic E-state index is 0.0314. The standard InChI is InChI=1S/C17H20FN3O4/c1-9-4-11(16(23)24)8-21(7-9)17(25)20-14-6-13-10(5-12(14)18)2-3-15(22)19-13/h5-6,9,11H,2-4,7-8H2,1H3,(H,19,22)(H,20,25)(H,23,24). The maximum atomic E-state index is 14.2. The predicted molar refractivity (Wildman–Crippen MR) is 88.8 cm³/mol. The zero-order chi connectivity index (χ0) is 18.1. The van der Waals surface area contributed by atoms with Crippen LogP contribution >= 0.6 is 0 Å². The summed E-state index contributed by atoms with van der Waals surface area (Å²) in [5.41, 5.74) is 1.15. The van der Waals surface area contributed by atoms with E-state index < -0.39 is 23.7 Å². The molecule has 134 valence electrons. The highest BCUT2D eigenvalue weighted by molar-refractivity contribution is 5.96. The van der Waals surface area contributed by atoms with Crippen molar-refractivity contribution >= 4 is 29.3 Å². The smallest absolute Gasteiger partial charge is 0.321 e. The van der Waals surface area contributed by atoms with Crippen molar-refractivity contribution in [3.05, 3.63) is 23.5 Å². The summed E-state index contributed by atoms with van der Waals surface area (Å²) in [5, 5.41) is 14.3. The molecule has 2 atom stereocenters. The third kappa shape index (κ3) is 3.72. The van der Waals surface area contributed by atoms with Gasteiger partial charge in [0, 0.05) is 25.2 Å². The van der Waals surface area contributed by atoms with Crippen molar-refractivity contribution in [1.82, 2.24) is 4.90 Å². The number of halogens is 1. The molecule has 8 heteroatoms. The molecular weight excluding hydrogens is 329 g/mol. The quantitative estimate of drug-likeness (QED) is 0.763. The molecule has 7 nitrogen and oxygen atoms in total. The lowest BCUT2D eigenvalue weighted by Gasteiger charge is -2.34. The van der Waals surface area contributed by atoms with E-state index in [1.807, 2.05) is 6.92 Å². The van der Waals surface area contributed by atoms with Crippen LogP contribution in [0.3, 0.4) is 0 Å². The van der Waals surface area contributed by atoms with Gasteiger partial charge in [0.1, 0.15) is 5.82 Å². The first kappa shape index (κ1) is 17.2. The van der Waals surface area contributed by atoms with Gasteiger partial charge in [-0.3, -0.25) is 9.59 Å². The molecule has 1 aromatic carbocycles. The van der Waals surface area contributed by atoms with Crippen LogP contribution in [-0.4, -0.2) is 41.0 Å². The Morgan fingerprint density at radius 3 is 2.80 bits per heavy atom. The minimum atomic E-state index is -0.938. The van der Waals surface area contributed by atoms with E-state index in [0.717, 1.165) is 0 Å². The molecule has 3 rings (SSSR count). The van der Waals surface area contributed by atoms with Gasteiger partial charge in [0.05, 0.1) is 11.6 Å². The van der Waals surface area contributed by atoms with E-state index in [1.54, 1.807) is 0 Å². The number of hydrogen-bond donors (Lipinski definition) is 3. The molecule has 0 spiro atoms. The average molecular weight is 349 g/mol. The molecular formula is C17H20FN3O4. The first-order valence-electron chi connectivity index (χ1n) is 8.24. The van der Waals surface area contributed by atoms with Crippen molar-refractivity contribution in [2.75, 3.05) is 23.7 Å². The first-order valence-corrected chi connectivity index (χ1v) is 8.24. The molecule has 2 heterocycles. The molecule has 1 saturated heterocycles. The number of aliphatic carboxylic acids is 1. The number of fused-ring (bicyclic) bond motifs is 1. The van der Waals surface area contributed by atoms with Crippen LogP contribution in [-0.2, 0) is 16.0 Å². The number of benzene rings is 1. The summed E-state index contributed by atoms with van der Waals surface area (Å²) in [7, 11) is 0. The molecule has 3 amide bonds. The van der Waals surface area contributed by atoms with Gasteiger partial charge in [-0.25, -0.2) is 9.18 Å². The van der Waals surface area contributed by atoms with Crippen molar-refractivity contribution in [3.63, 3.8) is 0 Å². The van der Waals surface area contributed by atoms with E-state index >= 15 is 0 Å². The Balaban J connectivity index is 1.75. The lowest BCUT2D eigenvalue weighted by molar-refractivity contribution is -0.143. The van der Waals surface area contributed by atoms with Crippen LogP contribution in [0.5, 0.6) is 0 Å². The van der Waals surface area contributed by atoms with Crippen LogP contribution in [0.15, 0.2) is 12.1 Å². The van der Waals surface area contributed by atoms with Crippen LogP contribution in [0.1, 0.15) is 25.3 Å². The summed E-state index contributed by atoms with van der Waals surface area (Å²) < 4.78 is 14.2. The first-order chi connectivity index (χ1) is 11.8. The molecule has 2 aliphatic rings. The molecule has 3 N–H and O–H groups in total. The second-order valence-corrected chi connectivity index (χ2v) is 6.75. The molecule has 0 saturated carbocycles. The van der Waals surface area contributed by atoms with Gasteiger partial charge in [-0.15, -0.1) is 0 Å². The lowest BCUT2D eigenvalue weighted by Crippen LogP contribution is -2.47. The van der Waals surface area contributed by atoms with Gasteiger partial charge in [0.2, 0.25) is 5.91 Å². The Bertz CT molecular complexity index is 737. The number of carbonyl (C=O) groups excluding carboxylic acids is 2. The summed E-state index contributed by atoms with van der Waals surface area (Å²) in [5.74, 6) is -2.24. The molecule has 0 aromatic heterocycles. The monoisotopic (exact) mass is 349 g/mol. The highest BCUT2D eigenvalue weighted by Crippen LogP contribution is 2.29. The van der Waals surface area contributed by atoms with Crippen LogP contribution in [0.4, 0.5) is 20.6 Å². The van der Waals surface area contributed by atoms with E-state index in [0.29, 0.717) is 37.1 Å². The van der Waals surface area contributed by atoms with Crippen molar-refractivity contribution in [3.8, 4) is 0 Å². The molecule has 0 radical (unpaired) electrons. The van der Waals surface area contributed by atoms with Gasteiger partial charge in [-0.2, -0.15) is 0 Å². The maximum Gasteiger partial charge on any atom is 0.321 e. The van der Waals surface area contributed by atoms with Crippen molar-refractivity contribution in [1.29, 1.82) is 0 Å². The average Bonchev–Trinajstić information content (AvgIpc) is 2.55. The highest BCUT2D eigenvalue weighted by atomic mass is 19.1. The molecule has 2 aliphatic heterocycles. The van der Waals surface area contributed by atoms with E-state index in [2.05, 4.69) is 10.6 Å². The SMILES string of the molecule is CC1CC(C(=O)O)CN(C(=O)Nc2cc3c(cc2F)CCC(=O)N3)C1. The van der Waals surface area contributed by atoms with Crippen LogP contribution in [0.2, 0.25) is 0 Å². The lowest BCUT2D eigenvalue weighted by atomic mass is 9.91. The fourth-order valence-electron chi connectivity index (χ4n) is 3.38. The molecule has 2 unspecified atom stereocenters. The number of carboxylic acid groups (broad SMARTS) is 1. The minimum Gasteiger partial charge on any atom is -0.481 e. The Morgan fingerprint density at radius 1 is 1.32 bits per heavy atom. The number of aryl methyl sites for hydroxylation is 1. The van der Waals surface area contributed by atoms with E-state index in [-0.39, 0.29) is 24.1 Å². The fraction of sp³-hybridized carbons (Fsp3) is 0.471. The number of rotatable bonds is 2. The normalized spacial score (nSPS) is 22.8. The summed E-state index contributed by atoms with van der Waals surface area (Å²) in [4.78, 5) is 36.5. The molecule has 0 aliphatic carbocycles. The number of nitrogens with zero attached hydrogens (tertiary/aromatic N) is 1. The van der Waals surface area contributed by atoms with Gasteiger partial charge in [0.15, 0.2) is 0 Å². The third-order valence-corrected chi connectivity index (χ3v) is 4.63. The number of carbonyl (C=O) groups is 3. The second-order valence-electron chi connectivity index (χ2n) is 6.75. The number of urea groups is 1. The molecule has 1 aromatic rings. The Kier molecular flexibility index (Phi) is 4.61. The van der Waals surface area contributed by atoms with Crippen LogP contribution < -0.4 is 10.6 Å². The highest BCUT2D eigenvalue weighted by Gasteiger charge is 2.32. The van der Waals surface area contributed by atoms with Crippen LogP contribution in [0.25, 0.3) is 0 Å². The third-order valence-electron chi connectivity index (χ3n) is 4.63. The van der Waals surface area contributed by atoms with E-state index in [1.165, 1.54) is 17.0 Å². The summed E-state index contributed by atoms with van der Waals surface area (Å²) in [6.07, 6.45) is 1.27. The largest absolute Gasteiger partial charge is 0.481 e. The summed E-state index contributed by atoms with van der Waals surface area (Å²) >= 11 is 0. The molecule has 0 bridgehead atoms. The zero-order valence-corrected chi connectivity index (χ0v) is 13.8. The Labute approximate surface area is 144 Å². The van der Waals surface area contributed by atoms with Gasteiger partial charge >= 0.3 is 12.0 Å². The van der Waals surface area contributed by atoms with E-state index in [9.17, 15) is 23.9 Å². The Morgan fingerprint density at radius 2 is 2.08 bits per heavy atom. The number of amides is 3. The van der Waals surface area contributed by atoms with Crippen molar-refractivity contribution < 1.29 is 23.9 Å². The number of carboxylic acids is 1. The number of anilines is 2. The van der Waals surface area contributed by atoms with E-state index in [4.69, 9.17) is 0 Å². The molecule has 25 heavy (non-hydrogen) atoms. The van der Waals surface area contributed by atoms with Crippen molar-refractivity contribution in [2.24, 2.45) is 11.8 Å². The number of nitrogens with one attached hydrogen (secondary N) is 2. The topological polar surface area (TPSA) is 98.7 Å². The van der Waals surface area contributed by atoms with Crippen LogP contribution in [0, 0.1) is 17.7 Å².